The number of nitrogens with zero attached hydrogens (tertiary/aromatic N) is 2. The molecule has 2 fully saturated rings. The van der Waals surface area contributed by atoms with Crippen LogP contribution in [0.4, 0.5) is 18.9 Å². The molecule has 3 aromatic rings. The molecule has 2 N–H and O–H groups in total. The maximum atomic E-state index is 12.8. The van der Waals surface area contributed by atoms with Crippen LogP contribution in [0.3, 0.4) is 0 Å². The van der Waals surface area contributed by atoms with E-state index in [-0.39, 0.29) is 5.56 Å². The number of hydrogen-bond donors (Lipinski definition) is 2. The Morgan fingerprint density at radius 2 is 1.89 bits per heavy atom. The molecular formula is C26H25F3N4O2. The second-order valence-electron chi connectivity index (χ2n) is 8.88. The first-order valence-electron chi connectivity index (χ1n) is 11.5. The SMILES string of the molecule is N=Cc1cc(-n2ccc(-c3ccc(C(F)(F)F)cc3)cc2=O)ccc1NCCN1CC2CC1CO2. The first kappa shape index (κ1) is 23.3. The Kier molecular flexibility index (Phi) is 6.21. The van der Waals surface area contributed by atoms with Crippen molar-refractivity contribution in [3.05, 3.63) is 82.3 Å². The van der Waals surface area contributed by atoms with E-state index in [0.29, 0.717) is 34.5 Å². The van der Waals surface area contributed by atoms with Gasteiger partial charge in [-0.3, -0.25) is 14.3 Å². The lowest BCUT2D eigenvalue weighted by molar-refractivity contribution is -0.137. The summed E-state index contributed by atoms with van der Waals surface area (Å²) in [6.45, 7) is 3.41. The van der Waals surface area contributed by atoms with Gasteiger partial charge in [-0.25, -0.2) is 0 Å². The summed E-state index contributed by atoms with van der Waals surface area (Å²) in [5, 5.41) is 11.2. The van der Waals surface area contributed by atoms with Gasteiger partial charge in [-0.05, 0) is 53.9 Å². The van der Waals surface area contributed by atoms with Gasteiger partial charge in [0, 0.05) is 61.1 Å². The Bertz CT molecular complexity index is 1290. The van der Waals surface area contributed by atoms with Gasteiger partial charge in [-0.2, -0.15) is 13.2 Å². The molecule has 2 atom stereocenters. The van der Waals surface area contributed by atoms with E-state index in [9.17, 15) is 18.0 Å². The van der Waals surface area contributed by atoms with Gasteiger partial charge in [-0.15, -0.1) is 0 Å². The summed E-state index contributed by atoms with van der Waals surface area (Å²) in [6.07, 6.45) is -0.0966. The summed E-state index contributed by atoms with van der Waals surface area (Å²) in [7, 11) is 0. The maximum Gasteiger partial charge on any atom is 0.416 e. The van der Waals surface area contributed by atoms with Gasteiger partial charge < -0.3 is 15.5 Å². The Morgan fingerprint density at radius 3 is 2.51 bits per heavy atom. The Hall–Kier alpha value is -3.43. The molecule has 2 bridgehead atoms. The van der Waals surface area contributed by atoms with Crippen LogP contribution in [-0.2, 0) is 10.9 Å². The Balaban J connectivity index is 1.29. The number of rotatable bonds is 7. The van der Waals surface area contributed by atoms with Crippen molar-refractivity contribution in [1.29, 1.82) is 5.41 Å². The van der Waals surface area contributed by atoms with E-state index in [4.69, 9.17) is 10.1 Å². The van der Waals surface area contributed by atoms with Gasteiger partial charge in [0.1, 0.15) is 0 Å². The van der Waals surface area contributed by atoms with Crippen molar-refractivity contribution in [2.24, 2.45) is 0 Å². The normalized spacial score (nSPS) is 19.7. The average Bonchev–Trinajstić information content (AvgIpc) is 3.47. The van der Waals surface area contributed by atoms with E-state index >= 15 is 0 Å². The molecular weight excluding hydrogens is 457 g/mol. The number of halogens is 3. The minimum absolute atomic E-state index is 0.314. The lowest BCUT2D eigenvalue weighted by Gasteiger charge is -2.26. The summed E-state index contributed by atoms with van der Waals surface area (Å²) in [5.41, 5.74) is 2.10. The molecule has 2 saturated heterocycles. The molecule has 0 amide bonds. The topological polar surface area (TPSA) is 70.4 Å². The predicted molar refractivity (Wildman–Crippen MR) is 129 cm³/mol. The van der Waals surface area contributed by atoms with Gasteiger partial charge in [0.05, 0.1) is 18.3 Å². The van der Waals surface area contributed by atoms with Crippen LogP contribution in [0, 0.1) is 5.41 Å². The quantitative estimate of drug-likeness (QED) is 0.490. The first-order valence-corrected chi connectivity index (χ1v) is 11.5. The van der Waals surface area contributed by atoms with Gasteiger partial charge in [0.15, 0.2) is 0 Å². The van der Waals surface area contributed by atoms with E-state index in [1.54, 1.807) is 24.4 Å². The average molecular weight is 483 g/mol. The number of anilines is 1. The summed E-state index contributed by atoms with van der Waals surface area (Å²) < 4.78 is 45.5. The van der Waals surface area contributed by atoms with E-state index in [1.807, 2.05) is 6.07 Å². The van der Waals surface area contributed by atoms with Crippen LogP contribution in [-0.4, -0.2) is 54.1 Å². The van der Waals surface area contributed by atoms with Crippen LogP contribution in [0.15, 0.2) is 65.6 Å². The number of hydrogen-bond acceptors (Lipinski definition) is 5. The number of benzene rings is 2. The molecule has 0 saturated carbocycles. The van der Waals surface area contributed by atoms with E-state index in [1.165, 1.54) is 29.0 Å². The van der Waals surface area contributed by atoms with Crippen molar-refractivity contribution < 1.29 is 17.9 Å². The fourth-order valence-corrected chi connectivity index (χ4v) is 4.79. The van der Waals surface area contributed by atoms with Crippen LogP contribution >= 0.6 is 0 Å². The number of pyridine rings is 1. The third kappa shape index (κ3) is 4.87. The van der Waals surface area contributed by atoms with Gasteiger partial charge in [0.25, 0.3) is 5.56 Å². The zero-order valence-corrected chi connectivity index (χ0v) is 18.9. The molecule has 9 heteroatoms. The summed E-state index contributed by atoms with van der Waals surface area (Å²) in [4.78, 5) is 15.2. The third-order valence-corrected chi connectivity index (χ3v) is 6.66. The zero-order chi connectivity index (χ0) is 24.6. The second-order valence-corrected chi connectivity index (χ2v) is 8.88. The van der Waals surface area contributed by atoms with Crippen LogP contribution in [0.25, 0.3) is 16.8 Å². The molecule has 3 heterocycles. The van der Waals surface area contributed by atoms with Crippen molar-refractivity contribution in [2.75, 3.05) is 31.6 Å². The fraction of sp³-hybridized carbons (Fsp3) is 0.308. The highest BCUT2D eigenvalue weighted by atomic mass is 19.4. The number of morpholine rings is 1. The molecule has 2 aliphatic heterocycles. The zero-order valence-electron chi connectivity index (χ0n) is 18.9. The van der Waals surface area contributed by atoms with E-state index in [0.717, 1.165) is 50.5 Å². The summed E-state index contributed by atoms with van der Waals surface area (Å²) in [6, 6.07) is 13.7. The lowest BCUT2D eigenvalue weighted by atomic mass is 10.0. The van der Waals surface area contributed by atoms with Gasteiger partial charge >= 0.3 is 6.18 Å². The monoisotopic (exact) mass is 482 g/mol. The van der Waals surface area contributed by atoms with E-state index < -0.39 is 11.7 Å². The van der Waals surface area contributed by atoms with E-state index in [2.05, 4.69) is 10.2 Å². The molecule has 1 aromatic heterocycles. The van der Waals surface area contributed by atoms with Crippen molar-refractivity contribution in [3.8, 4) is 16.8 Å². The number of nitrogens with one attached hydrogen (secondary N) is 2. The minimum Gasteiger partial charge on any atom is -0.383 e. The fourth-order valence-electron chi connectivity index (χ4n) is 4.79. The molecule has 2 aliphatic rings. The highest BCUT2D eigenvalue weighted by Gasteiger charge is 2.38. The van der Waals surface area contributed by atoms with Crippen molar-refractivity contribution in [3.63, 3.8) is 0 Å². The number of ether oxygens (including phenoxy) is 1. The highest BCUT2D eigenvalue weighted by Crippen LogP contribution is 2.31. The second kappa shape index (κ2) is 9.31. The summed E-state index contributed by atoms with van der Waals surface area (Å²) >= 11 is 0. The molecule has 35 heavy (non-hydrogen) atoms. The van der Waals surface area contributed by atoms with Crippen LogP contribution in [0.5, 0.6) is 0 Å². The molecule has 0 aliphatic carbocycles. The molecule has 182 valence electrons. The number of aromatic nitrogens is 1. The van der Waals surface area contributed by atoms with Crippen LogP contribution < -0.4 is 10.9 Å². The molecule has 0 radical (unpaired) electrons. The smallest absolute Gasteiger partial charge is 0.383 e. The highest BCUT2D eigenvalue weighted by molar-refractivity contribution is 5.86. The van der Waals surface area contributed by atoms with Gasteiger partial charge in [-0.1, -0.05) is 12.1 Å². The van der Waals surface area contributed by atoms with Crippen molar-refractivity contribution in [1.82, 2.24) is 9.47 Å². The molecule has 2 aromatic carbocycles. The molecule has 2 unspecified atom stereocenters. The van der Waals surface area contributed by atoms with Crippen molar-refractivity contribution >= 4 is 11.9 Å². The number of alkyl halides is 3. The van der Waals surface area contributed by atoms with Crippen LogP contribution in [0.1, 0.15) is 17.5 Å². The number of fused-ring (bicyclic) bond motifs is 2. The molecule has 5 rings (SSSR count). The third-order valence-electron chi connectivity index (χ3n) is 6.66. The Labute approximate surface area is 200 Å². The minimum atomic E-state index is -4.40. The van der Waals surface area contributed by atoms with Gasteiger partial charge in [0.2, 0.25) is 0 Å². The largest absolute Gasteiger partial charge is 0.416 e. The van der Waals surface area contributed by atoms with Crippen LogP contribution in [0.2, 0.25) is 0 Å². The molecule has 0 spiro atoms. The predicted octanol–water partition coefficient (Wildman–Crippen LogP) is 4.41. The summed E-state index contributed by atoms with van der Waals surface area (Å²) in [5.74, 6) is 0. The standard InChI is InChI=1S/C26H25F3N4O2/c27-26(28,29)20-3-1-17(2-4-20)18-7-9-33(25(34)12-18)21-5-6-24(19(11-21)14-30)31-8-10-32-15-23-13-22(32)16-35-23/h1-7,9,11-12,14,22-23,30-31H,8,10,13,15-16H2. The molecule has 6 nitrogen and oxygen atoms in total. The lowest BCUT2D eigenvalue weighted by Crippen LogP contribution is -2.39. The van der Waals surface area contributed by atoms with Crippen molar-refractivity contribution in [2.45, 2.75) is 24.7 Å². The Morgan fingerprint density at radius 1 is 1.09 bits per heavy atom. The number of likely N-dealkylation sites (tertiary alicyclic amines) is 1. The first-order chi connectivity index (χ1) is 16.8. The maximum absolute atomic E-state index is 12.8.